The van der Waals surface area contributed by atoms with Gasteiger partial charge in [0.15, 0.2) is 11.5 Å². The highest BCUT2D eigenvalue weighted by Gasteiger charge is 2.72. The molecule has 5 aliphatic rings. The Labute approximate surface area is 153 Å². The van der Waals surface area contributed by atoms with E-state index in [0.29, 0.717) is 18.6 Å². The average molecular weight is 357 g/mol. The normalized spacial score (nSPS) is 43.5. The number of likely N-dealkylation sites (tertiary alicyclic amines) is 1. The Hall–Kier alpha value is -1.30. The minimum atomic E-state index is -0.884. The monoisotopic (exact) mass is 357 g/mol. The van der Waals surface area contributed by atoms with Gasteiger partial charge in [-0.05, 0) is 62.6 Å². The Balaban J connectivity index is 1.52. The molecule has 0 aromatic heterocycles. The summed E-state index contributed by atoms with van der Waals surface area (Å²) in [6.07, 6.45) is 5.68. The van der Waals surface area contributed by atoms with E-state index in [1.807, 2.05) is 6.07 Å². The lowest BCUT2D eigenvalue weighted by atomic mass is 9.48. The summed E-state index contributed by atoms with van der Waals surface area (Å²) in [5.74, 6) is 1.42. The molecule has 6 rings (SSSR count). The molecule has 1 spiro atoms. The molecule has 1 aromatic carbocycles. The molecular formula is C21H27NO4. The van der Waals surface area contributed by atoms with Crippen molar-refractivity contribution in [2.75, 3.05) is 13.1 Å². The Morgan fingerprint density at radius 3 is 2.81 bits per heavy atom. The van der Waals surface area contributed by atoms with E-state index in [1.54, 1.807) is 6.07 Å². The number of aliphatic hydroxyl groups excluding tert-OH is 1. The van der Waals surface area contributed by atoms with Crippen molar-refractivity contribution in [3.05, 3.63) is 23.3 Å². The van der Waals surface area contributed by atoms with Crippen molar-refractivity contribution in [2.24, 2.45) is 5.92 Å². The predicted octanol–water partition coefficient (Wildman–Crippen LogP) is 1.71. The molecule has 3 fully saturated rings. The van der Waals surface area contributed by atoms with E-state index in [1.165, 1.54) is 24.8 Å². The Kier molecular flexibility index (Phi) is 2.99. The van der Waals surface area contributed by atoms with Gasteiger partial charge in [0.05, 0.1) is 17.1 Å². The van der Waals surface area contributed by atoms with Crippen molar-refractivity contribution in [1.82, 2.24) is 4.90 Å². The topological polar surface area (TPSA) is 73.2 Å². The molecule has 2 aliphatic heterocycles. The molecule has 3 N–H and O–H groups in total. The zero-order valence-electron chi connectivity index (χ0n) is 15.0. The summed E-state index contributed by atoms with van der Waals surface area (Å²) in [4.78, 5) is 2.53. The second-order valence-electron chi connectivity index (χ2n) is 9.25. The molecule has 0 unspecified atom stereocenters. The molecule has 5 heteroatoms. The fourth-order valence-electron chi connectivity index (χ4n) is 6.83. The number of hydrogen-bond donors (Lipinski definition) is 3. The SMILES string of the molecule is Oc1ccc2c3c1O[C@H]1[C@H](O)CC[C@@]4(O)[C@@H](C2)N(CC2CCC2)CC[C@]314. The first-order valence-corrected chi connectivity index (χ1v) is 10.2. The highest BCUT2D eigenvalue weighted by molar-refractivity contribution is 5.62. The van der Waals surface area contributed by atoms with Crippen LogP contribution in [0.2, 0.25) is 0 Å². The molecule has 1 saturated heterocycles. The molecule has 5 atom stereocenters. The van der Waals surface area contributed by atoms with Crippen LogP contribution in [0.25, 0.3) is 0 Å². The lowest BCUT2D eigenvalue weighted by Crippen LogP contribution is -2.77. The van der Waals surface area contributed by atoms with Crippen molar-refractivity contribution >= 4 is 0 Å². The quantitative estimate of drug-likeness (QED) is 0.751. The number of aromatic hydroxyl groups is 1. The first-order chi connectivity index (χ1) is 12.5. The molecule has 5 nitrogen and oxygen atoms in total. The number of rotatable bonds is 2. The average Bonchev–Trinajstić information content (AvgIpc) is 2.93. The van der Waals surface area contributed by atoms with Gasteiger partial charge in [0.2, 0.25) is 0 Å². The summed E-state index contributed by atoms with van der Waals surface area (Å²) >= 11 is 0. The smallest absolute Gasteiger partial charge is 0.165 e. The lowest BCUT2D eigenvalue weighted by molar-refractivity contribution is -0.209. The first-order valence-electron chi connectivity index (χ1n) is 10.2. The van der Waals surface area contributed by atoms with E-state index in [9.17, 15) is 15.3 Å². The molecular weight excluding hydrogens is 330 g/mol. The Morgan fingerprint density at radius 2 is 2.04 bits per heavy atom. The van der Waals surface area contributed by atoms with Crippen molar-refractivity contribution in [3.63, 3.8) is 0 Å². The number of benzene rings is 1. The van der Waals surface area contributed by atoms with Gasteiger partial charge in [-0.25, -0.2) is 0 Å². The van der Waals surface area contributed by atoms with Gasteiger partial charge >= 0.3 is 0 Å². The zero-order valence-corrected chi connectivity index (χ0v) is 15.0. The fourth-order valence-corrected chi connectivity index (χ4v) is 6.83. The molecule has 2 heterocycles. The highest BCUT2D eigenvalue weighted by Crippen LogP contribution is 2.65. The third-order valence-corrected chi connectivity index (χ3v) is 8.26. The van der Waals surface area contributed by atoms with Crippen molar-refractivity contribution in [1.29, 1.82) is 0 Å². The third kappa shape index (κ3) is 1.64. The molecule has 140 valence electrons. The molecule has 26 heavy (non-hydrogen) atoms. The van der Waals surface area contributed by atoms with Crippen LogP contribution in [-0.4, -0.2) is 57.2 Å². The van der Waals surface area contributed by atoms with E-state index in [2.05, 4.69) is 4.90 Å². The second kappa shape index (κ2) is 4.94. The predicted molar refractivity (Wildman–Crippen MR) is 95.4 cm³/mol. The Morgan fingerprint density at radius 1 is 1.19 bits per heavy atom. The van der Waals surface area contributed by atoms with Crippen LogP contribution >= 0.6 is 0 Å². The molecule has 0 radical (unpaired) electrons. The summed E-state index contributed by atoms with van der Waals surface area (Å²) in [5.41, 5.74) is 0.712. The minimum absolute atomic E-state index is 0.0819. The number of ether oxygens (including phenoxy) is 1. The van der Waals surface area contributed by atoms with Crippen LogP contribution in [0, 0.1) is 5.92 Å². The standard InChI is InChI=1S/C21H27NO4/c23-14-5-4-13-10-16-21(25)7-6-15(24)19-20(21,17(13)18(14)26-19)8-9-22(16)11-12-2-1-3-12/h4-5,12,15-16,19,23-25H,1-3,6-11H2/t15-,16-,19+,20+,21-/m1/s1. The molecule has 3 aliphatic carbocycles. The van der Waals surface area contributed by atoms with Gasteiger partial charge in [-0.2, -0.15) is 0 Å². The number of hydrogen-bond acceptors (Lipinski definition) is 5. The lowest BCUT2D eigenvalue weighted by Gasteiger charge is -2.64. The van der Waals surface area contributed by atoms with Gasteiger partial charge in [0.25, 0.3) is 0 Å². The van der Waals surface area contributed by atoms with Crippen LogP contribution in [-0.2, 0) is 11.8 Å². The summed E-state index contributed by atoms with van der Waals surface area (Å²) in [7, 11) is 0. The number of phenols is 1. The van der Waals surface area contributed by atoms with Crippen LogP contribution in [0.15, 0.2) is 12.1 Å². The maximum atomic E-state index is 12.1. The van der Waals surface area contributed by atoms with E-state index in [-0.39, 0.29) is 11.8 Å². The van der Waals surface area contributed by atoms with Gasteiger partial charge in [0, 0.05) is 18.2 Å². The van der Waals surface area contributed by atoms with Gasteiger partial charge < -0.3 is 20.1 Å². The van der Waals surface area contributed by atoms with E-state index >= 15 is 0 Å². The highest BCUT2D eigenvalue weighted by atomic mass is 16.5. The van der Waals surface area contributed by atoms with Crippen LogP contribution in [0.5, 0.6) is 11.5 Å². The van der Waals surface area contributed by atoms with Crippen LogP contribution in [0.1, 0.15) is 49.7 Å². The largest absolute Gasteiger partial charge is 0.504 e. The number of aliphatic hydroxyl groups is 2. The maximum absolute atomic E-state index is 12.1. The maximum Gasteiger partial charge on any atom is 0.165 e. The first kappa shape index (κ1) is 15.7. The van der Waals surface area contributed by atoms with Crippen LogP contribution in [0.4, 0.5) is 0 Å². The Bertz CT molecular complexity index is 778. The molecule has 0 amide bonds. The van der Waals surface area contributed by atoms with Crippen LogP contribution in [0.3, 0.4) is 0 Å². The van der Waals surface area contributed by atoms with Gasteiger partial charge in [0.1, 0.15) is 6.10 Å². The van der Waals surface area contributed by atoms with E-state index in [0.717, 1.165) is 37.4 Å². The second-order valence-corrected chi connectivity index (χ2v) is 9.25. The van der Waals surface area contributed by atoms with Crippen molar-refractivity contribution in [2.45, 2.75) is 74.2 Å². The van der Waals surface area contributed by atoms with E-state index in [4.69, 9.17) is 4.74 Å². The van der Waals surface area contributed by atoms with Gasteiger partial charge in [-0.3, -0.25) is 4.90 Å². The van der Waals surface area contributed by atoms with Crippen molar-refractivity contribution < 1.29 is 20.1 Å². The van der Waals surface area contributed by atoms with E-state index < -0.39 is 23.2 Å². The summed E-state index contributed by atoms with van der Waals surface area (Å²) in [6.45, 7) is 2.02. The summed E-state index contributed by atoms with van der Waals surface area (Å²) < 4.78 is 6.16. The molecule has 2 saturated carbocycles. The minimum Gasteiger partial charge on any atom is -0.504 e. The van der Waals surface area contributed by atoms with Crippen LogP contribution < -0.4 is 4.74 Å². The summed E-state index contributed by atoms with van der Waals surface area (Å²) in [5, 5.41) is 33.2. The zero-order chi connectivity index (χ0) is 17.7. The van der Waals surface area contributed by atoms with Gasteiger partial charge in [-0.1, -0.05) is 12.5 Å². The fraction of sp³-hybridized carbons (Fsp3) is 0.714. The van der Waals surface area contributed by atoms with Crippen molar-refractivity contribution in [3.8, 4) is 11.5 Å². The number of nitrogens with zero attached hydrogens (tertiary/aromatic N) is 1. The molecule has 2 bridgehead atoms. The van der Waals surface area contributed by atoms with Gasteiger partial charge in [-0.15, -0.1) is 0 Å². The molecule has 1 aromatic rings. The summed E-state index contributed by atoms with van der Waals surface area (Å²) in [6, 6.07) is 3.80. The number of piperidine rings is 1. The number of phenolic OH excluding ortho intramolecular Hbond substituents is 1. The third-order valence-electron chi connectivity index (χ3n) is 8.26.